The van der Waals surface area contributed by atoms with E-state index in [4.69, 9.17) is 0 Å². The van der Waals surface area contributed by atoms with Gasteiger partial charge < -0.3 is 10.6 Å². The van der Waals surface area contributed by atoms with Crippen LogP contribution >= 0.6 is 15.9 Å². The first kappa shape index (κ1) is 9.40. The topological polar surface area (TPSA) is 33.2 Å². The molecule has 0 aromatic rings. The van der Waals surface area contributed by atoms with Crippen LogP contribution < -0.4 is 10.6 Å². The van der Waals surface area contributed by atoms with Crippen LogP contribution in [0.15, 0.2) is 0 Å². The Balaban J connectivity index is 3.18. The van der Waals surface area contributed by atoms with Crippen molar-refractivity contribution in [3.8, 4) is 0 Å². The van der Waals surface area contributed by atoms with Gasteiger partial charge >= 0.3 is 0 Å². The number of hydrogen-bond donors (Lipinski definition) is 2. The van der Waals surface area contributed by atoms with Gasteiger partial charge in [0.1, 0.15) is 0 Å². The zero-order valence-electron chi connectivity index (χ0n) is 6.23. The van der Waals surface area contributed by atoms with Crippen molar-refractivity contribution >= 4 is 15.9 Å². The molecule has 0 atom stereocenters. The van der Waals surface area contributed by atoms with E-state index in [1.807, 2.05) is 0 Å². The third-order valence-electron chi connectivity index (χ3n) is 1.36. The molecule has 0 aromatic heterocycles. The van der Waals surface area contributed by atoms with Gasteiger partial charge in [0.2, 0.25) is 0 Å². The highest BCUT2D eigenvalue weighted by molar-refractivity contribution is 9.09. The monoisotopic (exact) mass is 196 g/mol. The van der Waals surface area contributed by atoms with Gasteiger partial charge in [-0.05, 0) is 0 Å². The van der Waals surface area contributed by atoms with Crippen molar-refractivity contribution in [1.82, 2.24) is 0 Å². The summed E-state index contributed by atoms with van der Waals surface area (Å²) in [6.45, 7) is 2.46. The van der Waals surface area contributed by atoms with Crippen LogP contribution in [0.25, 0.3) is 0 Å². The zero-order chi connectivity index (χ0) is 7.11. The molecule has 0 spiro atoms. The second-order valence-electron chi connectivity index (χ2n) is 2.31. The van der Waals surface area contributed by atoms with E-state index in [9.17, 15) is 0 Å². The Kier molecular flexibility index (Phi) is 6.81. The maximum atomic E-state index is 3.48. The Bertz CT molecular complexity index is 53.0. The SMILES string of the molecule is C[NH2+]CC(CBr)C[NH2+]C. The molecule has 0 aliphatic heterocycles. The van der Waals surface area contributed by atoms with Gasteiger partial charge in [0.05, 0.1) is 33.1 Å². The van der Waals surface area contributed by atoms with Crippen LogP contribution in [0.5, 0.6) is 0 Å². The summed E-state index contributed by atoms with van der Waals surface area (Å²) in [6.07, 6.45) is 0. The number of halogens is 1. The van der Waals surface area contributed by atoms with Crippen molar-refractivity contribution in [2.45, 2.75) is 0 Å². The van der Waals surface area contributed by atoms with Gasteiger partial charge in [-0.2, -0.15) is 0 Å². The highest BCUT2D eigenvalue weighted by atomic mass is 79.9. The fraction of sp³-hybridized carbons (Fsp3) is 1.00. The smallest absolute Gasteiger partial charge is 0.0844 e. The van der Waals surface area contributed by atoms with Crippen LogP contribution in [0.1, 0.15) is 0 Å². The maximum absolute atomic E-state index is 3.48. The third-order valence-corrected chi connectivity index (χ3v) is 2.27. The first-order valence-electron chi connectivity index (χ1n) is 3.46. The molecule has 3 heteroatoms. The lowest BCUT2D eigenvalue weighted by atomic mass is 10.2. The highest BCUT2D eigenvalue weighted by Crippen LogP contribution is 1.93. The number of hydrogen-bond acceptors (Lipinski definition) is 0. The van der Waals surface area contributed by atoms with E-state index in [2.05, 4.69) is 40.7 Å². The molecule has 0 aliphatic carbocycles. The van der Waals surface area contributed by atoms with Crippen LogP contribution in [0.2, 0.25) is 0 Å². The minimum Gasteiger partial charge on any atom is -0.348 e. The molecular weight excluding hydrogens is 180 g/mol. The van der Waals surface area contributed by atoms with Gasteiger partial charge in [0, 0.05) is 5.33 Å². The molecule has 0 amide bonds. The van der Waals surface area contributed by atoms with Crippen LogP contribution in [-0.4, -0.2) is 32.5 Å². The number of alkyl halides is 1. The average molecular weight is 197 g/mol. The second-order valence-corrected chi connectivity index (χ2v) is 2.96. The highest BCUT2D eigenvalue weighted by Gasteiger charge is 2.07. The molecule has 0 bridgehead atoms. The molecule has 2 nitrogen and oxygen atoms in total. The molecule has 9 heavy (non-hydrogen) atoms. The average Bonchev–Trinajstić information content (AvgIpc) is 1.88. The lowest BCUT2D eigenvalue weighted by Gasteiger charge is -2.06. The Morgan fingerprint density at radius 2 is 1.67 bits per heavy atom. The van der Waals surface area contributed by atoms with Crippen molar-refractivity contribution in [1.29, 1.82) is 0 Å². The largest absolute Gasteiger partial charge is 0.348 e. The van der Waals surface area contributed by atoms with Gasteiger partial charge in [-0.1, -0.05) is 15.9 Å². The molecule has 56 valence electrons. The van der Waals surface area contributed by atoms with Crippen LogP contribution in [0.3, 0.4) is 0 Å². The number of rotatable bonds is 5. The van der Waals surface area contributed by atoms with E-state index >= 15 is 0 Å². The summed E-state index contributed by atoms with van der Waals surface area (Å²) in [5.41, 5.74) is 0. The summed E-state index contributed by atoms with van der Waals surface area (Å²) in [7, 11) is 4.23. The third kappa shape index (κ3) is 4.88. The Labute approximate surface area is 65.5 Å². The van der Waals surface area contributed by atoms with Gasteiger partial charge in [0.25, 0.3) is 0 Å². The van der Waals surface area contributed by atoms with E-state index in [0.717, 1.165) is 11.2 Å². The fourth-order valence-corrected chi connectivity index (χ4v) is 1.42. The van der Waals surface area contributed by atoms with Crippen molar-refractivity contribution in [3.05, 3.63) is 0 Å². The molecule has 4 N–H and O–H groups in total. The van der Waals surface area contributed by atoms with Gasteiger partial charge in [-0.25, -0.2) is 0 Å². The van der Waals surface area contributed by atoms with Crippen molar-refractivity contribution in [2.75, 3.05) is 32.5 Å². The number of nitrogens with two attached hydrogens (primary N) is 2. The summed E-state index contributed by atoms with van der Waals surface area (Å²) < 4.78 is 0. The van der Waals surface area contributed by atoms with Crippen LogP contribution in [0.4, 0.5) is 0 Å². The molecule has 0 heterocycles. The molecule has 0 radical (unpaired) electrons. The van der Waals surface area contributed by atoms with Gasteiger partial charge in [0.15, 0.2) is 0 Å². The first-order valence-corrected chi connectivity index (χ1v) is 4.58. The summed E-state index contributed by atoms with van der Waals surface area (Å²) in [4.78, 5) is 0. The zero-order valence-corrected chi connectivity index (χ0v) is 7.82. The Hall–Kier alpha value is 0.400. The lowest BCUT2D eigenvalue weighted by Crippen LogP contribution is -2.87. The fourth-order valence-electron chi connectivity index (χ4n) is 0.889. The lowest BCUT2D eigenvalue weighted by molar-refractivity contribution is -0.663. The van der Waals surface area contributed by atoms with Crippen molar-refractivity contribution < 1.29 is 10.6 Å². The Morgan fingerprint density at radius 3 is 1.89 bits per heavy atom. The van der Waals surface area contributed by atoms with Gasteiger partial charge in [-0.3, -0.25) is 0 Å². The molecule has 0 unspecified atom stereocenters. The first-order chi connectivity index (χ1) is 4.35. The summed E-state index contributed by atoms with van der Waals surface area (Å²) in [5.74, 6) is 0.819. The summed E-state index contributed by atoms with van der Waals surface area (Å²) >= 11 is 3.48. The van der Waals surface area contributed by atoms with Crippen LogP contribution in [0, 0.1) is 5.92 Å². The summed E-state index contributed by atoms with van der Waals surface area (Å²) in [5, 5.41) is 5.59. The summed E-state index contributed by atoms with van der Waals surface area (Å²) in [6, 6.07) is 0. The quantitative estimate of drug-likeness (QED) is 0.497. The standard InChI is InChI=1S/C6H15BrN2/c1-8-4-6(3-7)5-9-2/h6,8-9H,3-5H2,1-2H3/p+2. The molecular formula is C6H17BrN2+2. The predicted molar refractivity (Wildman–Crippen MR) is 42.7 cm³/mol. The van der Waals surface area contributed by atoms with Gasteiger partial charge in [-0.15, -0.1) is 0 Å². The predicted octanol–water partition coefficient (Wildman–Crippen LogP) is -1.62. The molecule has 0 rings (SSSR count). The Morgan fingerprint density at radius 1 is 1.22 bits per heavy atom. The maximum Gasteiger partial charge on any atom is 0.0844 e. The van der Waals surface area contributed by atoms with Crippen molar-refractivity contribution in [2.24, 2.45) is 5.92 Å². The minimum absolute atomic E-state index is 0.819. The van der Waals surface area contributed by atoms with E-state index in [1.54, 1.807) is 0 Å². The van der Waals surface area contributed by atoms with E-state index in [1.165, 1.54) is 13.1 Å². The minimum atomic E-state index is 0.819. The molecule has 0 aliphatic rings. The normalized spacial score (nSPS) is 10.7. The van der Waals surface area contributed by atoms with E-state index in [0.29, 0.717) is 0 Å². The van der Waals surface area contributed by atoms with Crippen LogP contribution in [-0.2, 0) is 0 Å². The molecule has 0 aromatic carbocycles. The molecule has 0 saturated heterocycles. The second kappa shape index (κ2) is 6.52. The van der Waals surface area contributed by atoms with Crippen molar-refractivity contribution in [3.63, 3.8) is 0 Å². The van der Waals surface area contributed by atoms with E-state index in [-0.39, 0.29) is 0 Å². The molecule has 0 fully saturated rings. The van der Waals surface area contributed by atoms with E-state index < -0.39 is 0 Å². The number of quaternary nitrogens is 2. The molecule has 0 saturated carbocycles.